The number of allylic oxidation sites excluding steroid dienone is 2. The summed E-state index contributed by atoms with van der Waals surface area (Å²) in [5, 5.41) is 14.2. The van der Waals surface area contributed by atoms with Crippen molar-refractivity contribution in [2.45, 2.75) is 6.92 Å². The molecular weight excluding hydrogens is 112 g/mol. The quantitative estimate of drug-likeness (QED) is 0.536. The Hall–Kier alpha value is -1.18. The first-order valence-electron chi connectivity index (χ1n) is 2.55. The van der Waals surface area contributed by atoms with Crippen molar-refractivity contribution in [3.8, 4) is 0 Å². The second-order valence-corrected chi connectivity index (χ2v) is 1.77. The molecule has 0 saturated carbocycles. The fraction of sp³-hybridized carbons (Fsp3) is 0.143. The van der Waals surface area contributed by atoms with E-state index in [0.717, 1.165) is 0 Å². The van der Waals surface area contributed by atoms with Gasteiger partial charge in [0.15, 0.2) is 0 Å². The van der Waals surface area contributed by atoms with Crippen LogP contribution in [0.2, 0.25) is 0 Å². The molecule has 0 radical (unpaired) electrons. The maximum atomic E-state index is 7.15. The van der Waals surface area contributed by atoms with Gasteiger partial charge in [-0.25, -0.2) is 0 Å². The van der Waals surface area contributed by atoms with Crippen LogP contribution in [0.4, 0.5) is 0 Å². The van der Waals surface area contributed by atoms with Crippen molar-refractivity contribution < 1.29 is 0 Å². The van der Waals surface area contributed by atoms with Crippen LogP contribution in [0.5, 0.6) is 0 Å². The van der Waals surface area contributed by atoms with Gasteiger partial charge < -0.3 is 0 Å². The van der Waals surface area contributed by atoms with Crippen LogP contribution in [-0.2, 0) is 0 Å². The molecule has 0 aromatic rings. The number of rotatable bonds is 3. The molecule has 0 amide bonds. The second kappa shape index (κ2) is 2.97. The lowest BCUT2D eigenvalue weighted by atomic mass is 10.1. The van der Waals surface area contributed by atoms with Gasteiger partial charge in [0.1, 0.15) is 0 Å². The summed E-state index contributed by atoms with van der Waals surface area (Å²) in [6.07, 6.45) is 1.33. The molecule has 0 aliphatic rings. The molecule has 0 aromatic carbocycles. The minimum atomic E-state index is 0.127. The van der Waals surface area contributed by atoms with E-state index in [9.17, 15) is 0 Å². The number of hydrogen-bond acceptors (Lipinski definition) is 2. The van der Waals surface area contributed by atoms with Gasteiger partial charge in [-0.1, -0.05) is 13.2 Å². The smallest absolute Gasteiger partial charge is 0.0812 e. The van der Waals surface area contributed by atoms with Crippen molar-refractivity contribution in [3.63, 3.8) is 0 Å². The lowest BCUT2D eigenvalue weighted by molar-refractivity contribution is 1.45. The van der Waals surface area contributed by atoms with Gasteiger partial charge in [0.05, 0.1) is 11.4 Å². The van der Waals surface area contributed by atoms with Crippen molar-refractivity contribution in [1.82, 2.24) is 0 Å². The topological polar surface area (TPSA) is 47.7 Å². The zero-order valence-corrected chi connectivity index (χ0v) is 5.49. The van der Waals surface area contributed by atoms with Crippen molar-refractivity contribution in [3.05, 3.63) is 24.8 Å². The van der Waals surface area contributed by atoms with E-state index in [1.54, 1.807) is 6.92 Å². The zero-order valence-electron chi connectivity index (χ0n) is 5.49. The van der Waals surface area contributed by atoms with Gasteiger partial charge in [-0.2, -0.15) is 0 Å². The van der Waals surface area contributed by atoms with E-state index < -0.39 is 0 Å². The summed E-state index contributed by atoms with van der Waals surface area (Å²) in [6.45, 7) is 8.56. The summed E-state index contributed by atoms with van der Waals surface area (Å²) in [7, 11) is 0. The van der Waals surface area contributed by atoms with E-state index in [1.807, 2.05) is 0 Å². The van der Waals surface area contributed by atoms with Crippen molar-refractivity contribution in [2.24, 2.45) is 0 Å². The molecule has 2 heteroatoms. The third-order valence-electron chi connectivity index (χ3n) is 0.900. The lowest BCUT2D eigenvalue weighted by Gasteiger charge is -1.96. The summed E-state index contributed by atoms with van der Waals surface area (Å²) in [5.41, 5.74) is 0.882. The molecule has 0 heterocycles. The number of nitrogens with one attached hydrogen (secondary N) is 2. The molecule has 48 valence electrons. The molecular formula is C7H10N2. The Morgan fingerprint density at radius 2 is 1.89 bits per heavy atom. The highest BCUT2D eigenvalue weighted by atomic mass is 14.5. The largest absolute Gasteiger partial charge is 0.299 e. The maximum absolute atomic E-state index is 7.15. The summed E-state index contributed by atoms with van der Waals surface area (Å²) >= 11 is 0. The molecule has 0 fully saturated rings. The Kier molecular flexibility index (Phi) is 2.58. The van der Waals surface area contributed by atoms with Crippen LogP contribution in [0.25, 0.3) is 0 Å². The average Bonchev–Trinajstić information content (AvgIpc) is 1.84. The van der Waals surface area contributed by atoms with Gasteiger partial charge in [-0.15, -0.1) is 0 Å². The Morgan fingerprint density at radius 1 is 1.44 bits per heavy atom. The Labute approximate surface area is 54.9 Å². The molecule has 0 aliphatic carbocycles. The van der Waals surface area contributed by atoms with E-state index in [-0.39, 0.29) is 11.4 Å². The maximum Gasteiger partial charge on any atom is 0.0812 e. The average molecular weight is 122 g/mol. The minimum absolute atomic E-state index is 0.127. The van der Waals surface area contributed by atoms with Crippen LogP contribution in [-0.4, -0.2) is 11.4 Å². The molecule has 0 atom stereocenters. The summed E-state index contributed by atoms with van der Waals surface area (Å²) in [5.74, 6) is 0. The minimum Gasteiger partial charge on any atom is -0.299 e. The van der Waals surface area contributed by atoms with Crippen LogP contribution < -0.4 is 0 Å². The van der Waals surface area contributed by atoms with E-state index in [0.29, 0.717) is 5.57 Å². The highest BCUT2D eigenvalue weighted by Crippen LogP contribution is 1.91. The van der Waals surface area contributed by atoms with Crippen molar-refractivity contribution in [2.75, 3.05) is 0 Å². The van der Waals surface area contributed by atoms with Crippen LogP contribution >= 0.6 is 0 Å². The number of hydrogen-bond donors (Lipinski definition) is 2. The molecule has 0 unspecified atom stereocenters. The van der Waals surface area contributed by atoms with Crippen LogP contribution in [0.3, 0.4) is 0 Å². The van der Waals surface area contributed by atoms with Crippen molar-refractivity contribution >= 4 is 11.4 Å². The molecule has 0 rings (SSSR count). The molecule has 0 saturated heterocycles. The Morgan fingerprint density at radius 3 is 2.00 bits per heavy atom. The zero-order chi connectivity index (χ0) is 7.44. The first-order chi connectivity index (χ1) is 4.09. The third kappa shape index (κ3) is 2.04. The fourth-order valence-corrected chi connectivity index (χ4v) is 0.332. The summed E-state index contributed by atoms with van der Waals surface area (Å²) in [4.78, 5) is 0. The molecule has 0 spiro atoms. The van der Waals surface area contributed by atoms with Gasteiger partial charge in [-0.3, -0.25) is 10.8 Å². The molecule has 2 nitrogen and oxygen atoms in total. The third-order valence-corrected chi connectivity index (χ3v) is 0.900. The molecule has 0 aromatic heterocycles. The van der Waals surface area contributed by atoms with E-state index in [4.69, 9.17) is 10.8 Å². The Balaban J connectivity index is 4.22. The standard InChI is InChI=1S/C7H10N2/c1-4-6(8)7(9)5(2)3/h4,8-9H,1-2H2,3H3. The SMILES string of the molecule is C=CC(=N)C(=N)C(=C)C. The van der Waals surface area contributed by atoms with Gasteiger partial charge in [-0.05, 0) is 18.6 Å². The fourth-order valence-electron chi connectivity index (χ4n) is 0.332. The lowest BCUT2D eigenvalue weighted by Crippen LogP contribution is -2.08. The van der Waals surface area contributed by atoms with Gasteiger partial charge in [0.25, 0.3) is 0 Å². The van der Waals surface area contributed by atoms with Crippen molar-refractivity contribution in [1.29, 1.82) is 10.8 Å². The predicted octanol–water partition coefficient (Wildman–Crippen LogP) is 1.79. The van der Waals surface area contributed by atoms with Gasteiger partial charge >= 0.3 is 0 Å². The summed E-state index contributed by atoms with van der Waals surface area (Å²) < 4.78 is 0. The van der Waals surface area contributed by atoms with Gasteiger partial charge in [0, 0.05) is 0 Å². The van der Waals surface area contributed by atoms with E-state index >= 15 is 0 Å². The van der Waals surface area contributed by atoms with Crippen LogP contribution in [0.1, 0.15) is 6.92 Å². The highest BCUT2D eigenvalue weighted by molar-refractivity contribution is 6.49. The van der Waals surface area contributed by atoms with E-state index in [2.05, 4.69) is 13.2 Å². The molecule has 2 N–H and O–H groups in total. The van der Waals surface area contributed by atoms with Crippen LogP contribution in [0, 0.1) is 10.8 Å². The predicted molar refractivity (Wildman–Crippen MR) is 40.5 cm³/mol. The monoisotopic (exact) mass is 122 g/mol. The molecule has 0 bridgehead atoms. The molecule has 0 aliphatic heterocycles. The van der Waals surface area contributed by atoms with Crippen LogP contribution in [0.15, 0.2) is 24.8 Å². The first-order valence-corrected chi connectivity index (χ1v) is 2.55. The van der Waals surface area contributed by atoms with Gasteiger partial charge in [0.2, 0.25) is 0 Å². The Bertz CT molecular complexity index is 177. The van der Waals surface area contributed by atoms with E-state index in [1.165, 1.54) is 6.08 Å². The molecule has 9 heavy (non-hydrogen) atoms. The first kappa shape index (κ1) is 7.82. The normalized spacial score (nSPS) is 8.11. The summed E-state index contributed by atoms with van der Waals surface area (Å²) in [6, 6.07) is 0. The second-order valence-electron chi connectivity index (χ2n) is 1.77. The highest BCUT2D eigenvalue weighted by Gasteiger charge is 1.98.